The zero-order valence-electron chi connectivity index (χ0n) is 13.1. The molecule has 0 bridgehead atoms. The lowest BCUT2D eigenvalue weighted by molar-refractivity contribution is 0.111. The minimum Gasteiger partial charge on any atom is -0.376 e. The highest BCUT2D eigenvalue weighted by molar-refractivity contribution is 5.74. The van der Waals surface area contributed by atoms with Gasteiger partial charge in [-0.15, -0.1) is 0 Å². The summed E-state index contributed by atoms with van der Waals surface area (Å²) in [4.78, 5) is 42.5. The Morgan fingerprint density at radius 2 is 2.29 bits per heavy atom. The molecule has 128 valence electrons. The molecule has 0 radical (unpaired) electrons. The first kappa shape index (κ1) is 16.2. The number of urea groups is 1. The second kappa shape index (κ2) is 7.26. The highest BCUT2D eigenvalue weighted by Gasteiger charge is 2.16. The van der Waals surface area contributed by atoms with E-state index in [1.54, 1.807) is 12.1 Å². The molecule has 1 fully saturated rings. The van der Waals surface area contributed by atoms with Gasteiger partial charge in [-0.3, -0.25) is 14.3 Å². The van der Waals surface area contributed by atoms with Crippen molar-refractivity contribution < 1.29 is 9.53 Å². The first-order valence-electron chi connectivity index (χ1n) is 7.86. The Morgan fingerprint density at radius 3 is 3.08 bits per heavy atom. The third-order valence-corrected chi connectivity index (χ3v) is 3.89. The van der Waals surface area contributed by atoms with Gasteiger partial charge in [-0.25, -0.2) is 14.6 Å². The van der Waals surface area contributed by atoms with E-state index in [0.717, 1.165) is 24.0 Å². The molecule has 0 aliphatic carbocycles. The molecule has 9 heteroatoms. The van der Waals surface area contributed by atoms with Gasteiger partial charge in [0.15, 0.2) is 0 Å². The molecule has 1 saturated heterocycles. The summed E-state index contributed by atoms with van der Waals surface area (Å²) in [7, 11) is 0. The molecule has 3 rings (SSSR count). The van der Waals surface area contributed by atoms with Crippen LogP contribution in [0.2, 0.25) is 0 Å². The molecule has 1 aliphatic rings. The summed E-state index contributed by atoms with van der Waals surface area (Å²) >= 11 is 0. The molecule has 2 aromatic rings. The van der Waals surface area contributed by atoms with Crippen molar-refractivity contribution in [1.82, 2.24) is 25.2 Å². The van der Waals surface area contributed by atoms with Gasteiger partial charge in [-0.1, -0.05) is 0 Å². The lowest BCUT2D eigenvalue weighted by atomic mass is 10.2. The van der Waals surface area contributed by atoms with Gasteiger partial charge in [0.25, 0.3) is 5.56 Å². The van der Waals surface area contributed by atoms with Crippen molar-refractivity contribution in [2.75, 3.05) is 19.7 Å². The standard InChI is InChI=1S/C15H19N5O4/c21-13-11-4-1-5-16-12(11)19-15(23)20(13)7-6-17-14(22)18-9-10-3-2-8-24-10/h1,4-5,10H,2-3,6-9H2,(H,16,19,23)(H2,17,18,22). The number of carbonyl (C=O) groups is 1. The number of ether oxygens (including phenoxy) is 1. The van der Waals surface area contributed by atoms with E-state index < -0.39 is 11.2 Å². The summed E-state index contributed by atoms with van der Waals surface area (Å²) in [5.41, 5.74) is -0.720. The fraction of sp³-hybridized carbons (Fsp3) is 0.467. The number of carbonyl (C=O) groups excluding carboxylic acids is 1. The van der Waals surface area contributed by atoms with Crippen LogP contribution in [0.5, 0.6) is 0 Å². The molecule has 1 atom stereocenters. The quantitative estimate of drug-likeness (QED) is 0.686. The van der Waals surface area contributed by atoms with E-state index in [1.807, 2.05) is 0 Å². The van der Waals surface area contributed by atoms with E-state index in [0.29, 0.717) is 11.9 Å². The number of H-pyrrole nitrogens is 1. The Balaban J connectivity index is 1.56. The summed E-state index contributed by atoms with van der Waals surface area (Å²) in [5.74, 6) is 0. The minimum atomic E-state index is -0.548. The van der Waals surface area contributed by atoms with E-state index >= 15 is 0 Å². The van der Waals surface area contributed by atoms with Crippen LogP contribution in [0.4, 0.5) is 4.79 Å². The van der Waals surface area contributed by atoms with E-state index in [1.165, 1.54) is 6.20 Å². The van der Waals surface area contributed by atoms with Crippen LogP contribution in [-0.2, 0) is 11.3 Å². The predicted molar refractivity (Wildman–Crippen MR) is 87.0 cm³/mol. The molecule has 9 nitrogen and oxygen atoms in total. The second-order valence-corrected chi connectivity index (χ2v) is 5.56. The minimum absolute atomic E-state index is 0.0641. The number of aromatic nitrogens is 3. The molecule has 0 aromatic carbocycles. The molecule has 2 aromatic heterocycles. The van der Waals surface area contributed by atoms with E-state index in [2.05, 4.69) is 20.6 Å². The van der Waals surface area contributed by atoms with Crippen LogP contribution in [0.15, 0.2) is 27.9 Å². The summed E-state index contributed by atoms with van der Waals surface area (Å²) in [6.45, 7) is 1.42. The maximum absolute atomic E-state index is 12.3. The summed E-state index contributed by atoms with van der Waals surface area (Å²) < 4.78 is 6.46. The van der Waals surface area contributed by atoms with Crippen LogP contribution < -0.4 is 21.9 Å². The number of nitrogens with one attached hydrogen (secondary N) is 3. The maximum atomic E-state index is 12.3. The van der Waals surface area contributed by atoms with Gasteiger partial charge >= 0.3 is 11.7 Å². The third kappa shape index (κ3) is 3.62. The Hall–Kier alpha value is -2.68. The normalized spacial score (nSPS) is 17.1. The number of fused-ring (bicyclic) bond motifs is 1. The van der Waals surface area contributed by atoms with Crippen LogP contribution in [0, 0.1) is 0 Å². The van der Waals surface area contributed by atoms with E-state index in [-0.39, 0.29) is 30.9 Å². The molecular weight excluding hydrogens is 314 g/mol. The third-order valence-electron chi connectivity index (χ3n) is 3.89. The van der Waals surface area contributed by atoms with Crippen molar-refractivity contribution >= 4 is 17.1 Å². The maximum Gasteiger partial charge on any atom is 0.330 e. The van der Waals surface area contributed by atoms with Crippen LogP contribution in [-0.4, -0.2) is 46.4 Å². The van der Waals surface area contributed by atoms with E-state index in [9.17, 15) is 14.4 Å². The Morgan fingerprint density at radius 1 is 1.42 bits per heavy atom. The first-order valence-corrected chi connectivity index (χ1v) is 7.86. The number of pyridine rings is 1. The SMILES string of the molecule is O=C(NCCn1c(=O)[nH]c2ncccc2c1=O)NCC1CCCO1. The number of hydrogen-bond donors (Lipinski definition) is 3. The zero-order valence-corrected chi connectivity index (χ0v) is 13.1. The zero-order chi connectivity index (χ0) is 16.9. The van der Waals surface area contributed by atoms with Crippen LogP contribution in [0.3, 0.4) is 0 Å². The van der Waals surface area contributed by atoms with Gasteiger partial charge in [0, 0.05) is 32.4 Å². The molecule has 2 amide bonds. The van der Waals surface area contributed by atoms with Gasteiger partial charge in [0.2, 0.25) is 0 Å². The smallest absolute Gasteiger partial charge is 0.330 e. The monoisotopic (exact) mass is 333 g/mol. The predicted octanol–water partition coefficient (Wildman–Crippen LogP) is -0.437. The van der Waals surface area contributed by atoms with E-state index in [4.69, 9.17) is 4.74 Å². The van der Waals surface area contributed by atoms with Crippen molar-refractivity contribution in [2.45, 2.75) is 25.5 Å². The summed E-state index contributed by atoms with van der Waals surface area (Å²) in [5, 5.41) is 5.67. The second-order valence-electron chi connectivity index (χ2n) is 5.56. The summed E-state index contributed by atoms with van der Waals surface area (Å²) in [6.07, 6.45) is 3.52. The van der Waals surface area contributed by atoms with Crippen molar-refractivity contribution in [3.05, 3.63) is 39.2 Å². The molecule has 1 unspecified atom stereocenters. The molecular formula is C15H19N5O4. The highest BCUT2D eigenvalue weighted by Crippen LogP contribution is 2.10. The number of aromatic amines is 1. The topological polar surface area (TPSA) is 118 Å². The molecule has 1 aliphatic heterocycles. The average Bonchev–Trinajstić information content (AvgIpc) is 3.09. The first-order chi connectivity index (χ1) is 11.6. The van der Waals surface area contributed by atoms with Crippen molar-refractivity contribution in [3.63, 3.8) is 0 Å². The fourth-order valence-corrected chi connectivity index (χ4v) is 2.64. The van der Waals surface area contributed by atoms with Gasteiger partial charge in [0.1, 0.15) is 5.65 Å². The average molecular weight is 333 g/mol. The van der Waals surface area contributed by atoms with Crippen molar-refractivity contribution in [2.24, 2.45) is 0 Å². The number of rotatable bonds is 5. The van der Waals surface area contributed by atoms with Crippen molar-refractivity contribution in [3.8, 4) is 0 Å². The van der Waals surface area contributed by atoms with Crippen LogP contribution >= 0.6 is 0 Å². The molecule has 3 heterocycles. The van der Waals surface area contributed by atoms with Crippen molar-refractivity contribution in [1.29, 1.82) is 0 Å². The molecule has 0 saturated carbocycles. The van der Waals surface area contributed by atoms with Gasteiger partial charge in [-0.2, -0.15) is 0 Å². The molecule has 0 spiro atoms. The number of amides is 2. The number of nitrogens with zero attached hydrogens (tertiary/aromatic N) is 2. The number of hydrogen-bond acceptors (Lipinski definition) is 5. The Kier molecular flexibility index (Phi) is 4.90. The van der Waals surface area contributed by atoms with Gasteiger partial charge in [0.05, 0.1) is 11.5 Å². The van der Waals surface area contributed by atoms with Crippen LogP contribution in [0.1, 0.15) is 12.8 Å². The van der Waals surface area contributed by atoms with Crippen LogP contribution in [0.25, 0.3) is 11.0 Å². The Labute approximate surface area is 137 Å². The molecule has 3 N–H and O–H groups in total. The molecule has 24 heavy (non-hydrogen) atoms. The highest BCUT2D eigenvalue weighted by atomic mass is 16.5. The van der Waals surface area contributed by atoms with Gasteiger partial charge < -0.3 is 15.4 Å². The lowest BCUT2D eigenvalue weighted by Gasteiger charge is -2.12. The largest absolute Gasteiger partial charge is 0.376 e. The lowest BCUT2D eigenvalue weighted by Crippen LogP contribution is -2.43. The Bertz CT molecular complexity index is 838. The summed E-state index contributed by atoms with van der Waals surface area (Å²) in [6, 6.07) is 2.87. The fourth-order valence-electron chi connectivity index (χ4n) is 2.64. The van der Waals surface area contributed by atoms with Gasteiger partial charge in [-0.05, 0) is 25.0 Å².